The fourth-order valence-electron chi connectivity index (χ4n) is 3.03. The third-order valence-corrected chi connectivity index (χ3v) is 4.18. The third-order valence-electron chi connectivity index (χ3n) is 4.18. The molecule has 1 saturated heterocycles. The van der Waals surface area contributed by atoms with Crippen molar-refractivity contribution in [1.29, 1.82) is 5.26 Å². The highest BCUT2D eigenvalue weighted by atomic mass is 16.1. The molecule has 1 aromatic rings. The molecule has 1 aromatic heterocycles. The van der Waals surface area contributed by atoms with E-state index in [2.05, 4.69) is 11.0 Å². The zero-order valence-electron chi connectivity index (χ0n) is 10.9. The Morgan fingerprint density at radius 1 is 1.37 bits per heavy atom. The molecule has 0 N–H and O–H groups in total. The van der Waals surface area contributed by atoms with Crippen molar-refractivity contribution in [3.8, 4) is 6.07 Å². The summed E-state index contributed by atoms with van der Waals surface area (Å²) in [5.41, 5.74) is 3.08. The number of aldehydes is 1. The van der Waals surface area contributed by atoms with Gasteiger partial charge in [0.15, 0.2) is 0 Å². The summed E-state index contributed by atoms with van der Waals surface area (Å²) >= 11 is 0. The molecule has 2 aliphatic rings. The lowest BCUT2D eigenvalue weighted by molar-refractivity contribution is -0.111. The maximum Gasteiger partial charge on any atom is 0.146 e. The van der Waals surface area contributed by atoms with Gasteiger partial charge >= 0.3 is 0 Å². The molecule has 0 atom stereocenters. The van der Waals surface area contributed by atoms with E-state index in [-0.39, 0.29) is 5.92 Å². The standard InChI is InChI=1S/C15H17N3O/c16-9-13-8-12-2-1-3-14(12)17-15(13)18-6-4-11(10-19)5-7-18/h8,10-11H,1-7H2. The molecule has 0 radical (unpaired) electrons. The zero-order valence-corrected chi connectivity index (χ0v) is 10.9. The Morgan fingerprint density at radius 3 is 2.84 bits per heavy atom. The van der Waals surface area contributed by atoms with Crippen LogP contribution in [0.25, 0.3) is 0 Å². The summed E-state index contributed by atoms with van der Waals surface area (Å²) in [6, 6.07) is 4.28. The van der Waals surface area contributed by atoms with Gasteiger partial charge in [0.1, 0.15) is 18.2 Å². The molecule has 0 unspecified atom stereocenters. The van der Waals surface area contributed by atoms with Crippen molar-refractivity contribution in [2.24, 2.45) is 5.92 Å². The largest absolute Gasteiger partial charge is 0.355 e. The molecule has 19 heavy (non-hydrogen) atoms. The van der Waals surface area contributed by atoms with Gasteiger partial charge in [-0.05, 0) is 43.7 Å². The van der Waals surface area contributed by atoms with Crippen LogP contribution in [0.15, 0.2) is 6.07 Å². The van der Waals surface area contributed by atoms with E-state index >= 15 is 0 Å². The van der Waals surface area contributed by atoms with E-state index in [1.165, 1.54) is 5.56 Å². The molecule has 3 rings (SSSR count). The van der Waals surface area contributed by atoms with Crippen LogP contribution < -0.4 is 4.90 Å². The van der Waals surface area contributed by atoms with Crippen LogP contribution in [0.4, 0.5) is 5.82 Å². The van der Waals surface area contributed by atoms with Crippen LogP contribution in [-0.4, -0.2) is 24.4 Å². The van der Waals surface area contributed by atoms with Gasteiger partial charge in [0.05, 0.1) is 5.56 Å². The van der Waals surface area contributed by atoms with E-state index in [1.807, 2.05) is 6.07 Å². The molecular formula is C15H17N3O. The van der Waals surface area contributed by atoms with Crippen molar-refractivity contribution in [2.75, 3.05) is 18.0 Å². The van der Waals surface area contributed by atoms with Crippen LogP contribution in [-0.2, 0) is 17.6 Å². The molecule has 2 heterocycles. The summed E-state index contributed by atoms with van der Waals surface area (Å²) in [5, 5.41) is 9.31. The first-order valence-electron chi connectivity index (χ1n) is 6.95. The first-order valence-corrected chi connectivity index (χ1v) is 6.95. The van der Waals surface area contributed by atoms with Crippen molar-refractivity contribution in [3.05, 3.63) is 22.9 Å². The van der Waals surface area contributed by atoms with Crippen molar-refractivity contribution in [3.63, 3.8) is 0 Å². The molecule has 1 fully saturated rings. The molecule has 0 amide bonds. The summed E-state index contributed by atoms with van der Waals surface area (Å²) < 4.78 is 0. The molecule has 0 aromatic carbocycles. The second-order valence-corrected chi connectivity index (χ2v) is 5.39. The minimum absolute atomic E-state index is 0.177. The van der Waals surface area contributed by atoms with Crippen LogP contribution in [0, 0.1) is 17.2 Å². The van der Waals surface area contributed by atoms with E-state index in [9.17, 15) is 10.1 Å². The number of carbonyl (C=O) groups excluding carboxylic acids is 1. The Labute approximate surface area is 113 Å². The highest BCUT2D eigenvalue weighted by molar-refractivity contribution is 5.59. The summed E-state index contributed by atoms with van der Waals surface area (Å²) in [6.07, 6.45) is 6.01. The maximum atomic E-state index is 10.8. The van der Waals surface area contributed by atoms with Crippen molar-refractivity contribution >= 4 is 12.1 Å². The van der Waals surface area contributed by atoms with Gasteiger partial charge in [-0.15, -0.1) is 0 Å². The quantitative estimate of drug-likeness (QED) is 0.757. The van der Waals surface area contributed by atoms with Crippen LogP contribution >= 0.6 is 0 Å². The molecule has 0 spiro atoms. The number of piperidine rings is 1. The Morgan fingerprint density at radius 2 is 2.16 bits per heavy atom. The molecule has 0 bridgehead atoms. The fourth-order valence-corrected chi connectivity index (χ4v) is 3.03. The number of pyridine rings is 1. The zero-order chi connectivity index (χ0) is 13.2. The van der Waals surface area contributed by atoms with E-state index in [1.54, 1.807) is 0 Å². The number of rotatable bonds is 2. The van der Waals surface area contributed by atoms with Crippen LogP contribution in [0.5, 0.6) is 0 Å². The first kappa shape index (κ1) is 12.2. The maximum absolute atomic E-state index is 10.8. The predicted molar refractivity (Wildman–Crippen MR) is 72.0 cm³/mol. The number of anilines is 1. The van der Waals surface area contributed by atoms with Crippen LogP contribution in [0.3, 0.4) is 0 Å². The highest BCUT2D eigenvalue weighted by Crippen LogP contribution is 2.29. The summed E-state index contributed by atoms with van der Waals surface area (Å²) in [7, 11) is 0. The minimum Gasteiger partial charge on any atom is -0.355 e. The number of nitriles is 1. The highest BCUT2D eigenvalue weighted by Gasteiger charge is 2.24. The number of aryl methyl sites for hydroxylation is 2. The molecule has 4 heteroatoms. The molecular weight excluding hydrogens is 238 g/mol. The average Bonchev–Trinajstić information content (AvgIpc) is 2.93. The summed E-state index contributed by atoms with van der Waals surface area (Å²) in [4.78, 5) is 17.7. The first-order chi connectivity index (χ1) is 9.31. The monoisotopic (exact) mass is 255 g/mol. The van der Waals surface area contributed by atoms with Crippen molar-refractivity contribution in [2.45, 2.75) is 32.1 Å². The van der Waals surface area contributed by atoms with Crippen molar-refractivity contribution < 1.29 is 4.79 Å². The fraction of sp³-hybridized carbons (Fsp3) is 0.533. The topological polar surface area (TPSA) is 57.0 Å². The van der Waals surface area contributed by atoms with Gasteiger partial charge in [0, 0.05) is 24.7 Å². The van der Waals surface area contributed by atoms with Gasteiger partial charge in [-0.2, -0.15) is 5.26 Å². The number of hydrogen-bond donors (Lipinski definition) is 0. The number of carbonyl (C=O) groups is 1. The van der Waals surface area contributed by atoms with E-state index in [0.29, 0.717) is 5.56 Å². The molecule has 0 saturated carbocycles. The summed E-state index contributed by atoms with van der Waals surface area (Å²) in [5.74, 6) is 1.00. The van der Waals surface area contributed by atoms with Gasteiger partial charge < -0.3 is 9.69 Å². The third kappa shape index (κ3) is 2.21. The van der Waals surface area contributed by atoms with Crippen molar-refractivity contribution in [1.82, 2.24) is 4.98 Å². The van der Waals surface area contributed by atoms with Gasteiger partial charge in [-0.3, -0.25) is 0 Å². The molecule has 1 aliphatic carbocycles. The van der Waals surface area contributed by atoms with Gasteiger partial charge in [0.2, 0.25) is 0 Å². The lowest BCUT2D eigenvalue weighted by atomic mass is 9.98. The molecule has 4 nitrogen and oxygen atoms in total. The lowest BCUT2D eigenvalue weighted by Crippen LogP contribution is -2.35. The van der Waals surface area contributed by atoms with Gasteiger partial charge in [-0.1, -0.05) is 0 Å². The van der Waals surface area contributed by atoms with Gasteiger partial charge in [0.25, 0.3) is 0 Å². The van der Waals surface area contributed by atoms with E-state index < -0.39 is 0 Å². The number of nitrogens with zero attached hydrogens (tertiary/aromatic N) is 3. The van der Waals surface area contributed by atoms with Gasteiger partial charge in [-0.25, -0.2) is 4.98 Å². The second kappa shape index (κ2) is 5.00. The molecule has 98 valence electrons. The summed E-state index contributed by atoms with van der Waals surface area (Å²) in [6.45, 7) is 1.65. The molecule has 1 aliphatic heterocycles. The van der Waals surface area contributed by atoms with Crippen LogP contribution in [0.1, 0.15) is 36.1 Å². The average molecular weight is 255 g/mol. The normalized spacial score (nSPS) is 19.0. The van der Waals surface area contributed by atoms with Crippen LogP contribution in [0.2, 0.25) is 0 Å². The Kier molecular flexibility index (Phi) is 3.20. The number of fused-ring (bicyclic) bond motifs is 1. The Balaban J connectivity index is 1.88. The lowest BCUT2D eigenvalue weighted by Gasteiger charge is -2.31. The Bertz CT molecular complexity index is 539. The number of hydrogen-bond acceptors (Lipinski definition) is 4. The van der Waals surface area contributed by atoms with E-state index in [4.69, 9.17) is 4.98 Å². The Hall–Kier alpha value is -1.89. The number of aromatic nitrogens is 1. The SMILES string of the molecule is N#Cc1cc2c(nc1N1CCC(C=O)CC1)CCC2. The second-order valence-electron chi connectivity index (χ2n) is 5.39. The van der Waals surface area contributed by atoms with E-state index in [0.717, 1.165) is 63.0 Å². The smallest absolute Gasteiger partial charge is 0.146 e. The predicted octanol–water partition coefficient (Wildman–Crippen LogP) is 1.86. The minimum atomic E-state index is 0.177.